The summed E-state index contributed by atoms with van der Waals surface area (Å²) in [4.78, 5) is 5.77. The molecule has 6 heteroatoms. The lowest BCUT2D eigenvalue weighted by atomic mass is 10.2. The van der Waals surface area contributed by atoms with Crippen LogP contribution < -0.4 is 4.90 Å². The molecule has 110 valence electrons. The van der Waals surface area contributed by atoms with E-state index >= 15 is 0 Å². The van der Waals surface area contributed by atoms with E-state index in [4.69, 9.17) is 11.6 Å². The molecule has 0 fully saturated rings. The van der Waals surface area contributed by atoms with Gasteiger partial charge in [0.2, 0.25) is 5.16 Å². The van der Waals surface area contributed by atoms with Crippen LogP contribution in [0.4, 0.5) is 0 Å². The van der Waals surface area contributed by atoms with Crippen LogP contribution in [0.5, 0.6) is 0 Å². The molecule has 0 aliphatic rings. The highest BCUT2D eigenvalue weighted by molar-refractivity contribution is 7.98. The number of nitrogens with one attached hydrogen (secondary N) is 1. The first kappa shape index (κ1) is 15.9. The Morgan fingerprint density at radius 3 is 2.57 bits per heavy atom. The average molecular weight is 322 g/mol. The van der Waals surface area contributed by atoms with Crippen LogP contribution in [0.2, 0.25) is 5.02 Å². The fourth-order valence-corrected chi connectivity index (χ4v) is 2.44. The van der Waals surface area contributed by atoms with Crippen molar-refractivity contribution in [3.8, 4) is 0 Å². The SMILES string of the molecule is Cc1nnc(SCc2ccc(Cl)cc2)nc1/C=C/[NH+](C)C. The van der Waals surface area contributed by atoms with Gasteiger partial charge in [0.15, 0.2) is 0 Å². The van der Waals surface area contributed by atoms with Crippen molar-refractivity contribution in [2.75, 3.05) is 14.1 Å². The number of aryl methyl sites for hydroxylation is 1. The predicted octanol–water partition coefficient (Wildman–Crippen LogP) is 2.24. The number of hydrogen-bond acceptors (Lipinski definition) is 4. The molecule has 0 radical (unpaired) electrons. The second-order valence-electron chi connectivity index (χ2n) is 4.89. The third-order valence-electron chi connectivity index (χ3n) is 2.73. The quantitative estimate of drug-likeness (QED) is 0.858. The summed E-state index contributed by atoms with van der Waals surface area (Å²) in [6.07, 6.45) is 4.01. The summed E-state index contributed by atoms with van der Waals surface area (Å²) in [6, 6.07) is 7.79. The maximum Gasteiger partial charge on any atom is 0.209 e. The van der Waals surface area contributed by atoms with Gasteiger partial charge in [0.25, 0.3) is 0 Å². The van der Waals surface area contributed by atoms with Crippen LogP contribution in [0, 0.1) is 6.92 Å². The summed E-state index contributed by atoms with van der Waals surface area (Å²) in [5.41, 5.74) is 2.89. The number of hydrogen-bond donors (Lipinski definition) is 1. The average Bonchev–Trinajstić information content (AvgIpc) is 2.46. The summed E-state index contributed by atoms with van der Waals surface area (Å²) in [7, 11) is 4.10. The van der Waals surface area contributed by atoms with Crippen molar-refractivity contribution in [1.82, 2.24) is 15.2 Å². The van der Waals surface area contributed by atoms with Gasteiger partial charge in [-0.2, -0.15) is 5.10 Å². The molecule has 0 aliphatic carbocycles. The van der Waals surface area contributed by atoms with Crippen molar-refractivity contribution >= 4 is 29.4 Å². The number of rotatable bonds is 5. The Kier molecular flexibility index (Phi) is 5.73. The van der Waals surface area contributed by atoms with Gasteiger partial charge in [-0.25, -0.2) is 4.98 Å². The molecule has 0 spiro atoms. The van der Waals surface area contributed by atoms with Crippen molar-refractivity contribution in [1.29, 1.82) is 0 Å². The Morgan fingerprint density at radius 1 is 1.19 bits per heavy atom. The van der Waals surface area contributed by atoms with Gasteiger partial charge in [-0.05, 0) is 24.6 Å². The van der Waals surface area contributed by atoms with Gasteiger partial charge in [-0.1, -0.05) is 35.5 Å². The van der Waals surface area contributed by atoms with E-state index < -0.39 is 0 Å². The molecule has 2 rings (SSSR count). The third kappa shape index (κ3) is 5.12. The molecule has 1 heterocycles. The highest BCUT2D eigenvalue weighted by Crippen LogP contribution is 2.20. The Morgan fingerprint density at radius 2 is 1.90 bits per heavy atom. The van der Waals surface area contributed by atoms with Crippen molar-refractivity contribution in [2.24, 2.45) is 0 Å². The number of benzene rings is 1. The van der Waals surface area contributed by atoms with Crippen molar-refractivity contribution in [3.05, 3.63) is 52.4 Å². The van der Waals surface area contributed by atoms with Gasteiger partial charge >= 0.3 is 0 Å². The van der Waals surface area contributed by atoms with Crippen LogP contribution in [0.15, 0.2) is 35.6 Å². The van der Waals surface area contributed by atoms with E-state index in [0.29, 0.717) is 5.16 Å². The number of halogens is 1. The Bertz CT molecular complexity index is 626. The van der Waals surface area contributed by atoms with Gasteiger partial charge in [0.05, 0.1) is 31.7 Å². The maximum atomic E-state index is 5.88. The molecule has 1 N–H and O–H groups in total. The van der Waals surface area contributed by atoms with E-state index in [-0.39, 0.29) is 0 Å². The van der Waals surface area contributed by atoms with Crippen LogP contribution in [0.1, 0.15) is 17.0 Å². The van der Waals surface area contributed by atoms with E-state index in [1.165, 1.54) is 10.5 Å². The fraction of sp³-hybridized carbons (Fsp3) is 0.267. The minimum absolute atomic E-state index is 0.684. The number of nitrogens with zero attached hydrogens (tertiary/aromatic N) is 3. The van der Waals surface area contributed by atoms with Crippen molar-refractivity contribution in [2.45, 2.75) is 17.8 Å². The summed E-state index contributed by atoms with van der Waals surface area (Å²) in [5.74, 6) is 0.796. The standard InChI is InChI=1S/C15H17ClN4S/c1-11-14(8-9-20(2)3)17-15(19-18-11)21-10-12-4-6-13(16)7-5-12/h4-9H,10H2,1-3H3/p+1/b9-8+. The summed E-state index contributed by atoms with van der Waals surface area (Å²) < 4.78 is 0. The molecule has 0 unspecified atom stereocenters. The van der Waals surface area contributed by atoms with Crippen molar-refractivity contribution in [3.63, 3.8) is 0 Å². The molecule has 0 atom stereocenters. The molecular weight excluding hydrogens is 304 g/mol. The molecule has 0 bridgehead atoms. The van der Waals surface area contributed by atoms with Gasteiger partial charge in [0, 0.05) is 16.9 Å². The highest BCUT2D eigenvalue weighted by Gasteiger charge is 2.05. The molecule has 1 aromatic carbocycles. The van der Waals surface area contributed by atoms with E-state index in [0.717, 1.165) is 22.2 Å². The molecular formula is C15H18ClN4S+. The van der Waals surface area contributed by atoms with Gasteiger partial charge in [-0.3, -0.25) is 0 Å². The molecule has 0 aliphatic heterocycles. The Balaban J connectivity index is 2.06. The topological polar surface area (TPSA) is 43.1 Å². The summed E-state index contributed by atoms with van der Waals surface area (Å²) in [5, 5.41) is 9.73. The Labute approximate surface area is 134 Å². The van der Waals surface area contributed by atoms with Gasteiger partial charge in [0.1, 0.15) is 0 Å². The van der Waals surface area contributed by atoms with Gasteiger partial charge < -0.3 is 4.90 Å². The number of quaternary nitrogens is 1. The van der Waals surface area contributed by atoms with Crippen LogP contribution >= 0.6 is 23.4 Å². The normalized spacial score (nSPS) is 11.5. The lowest BCUT2D eigenvalue weighted by Gasteiger charge is -2.03. The molecule has 0 saturated heterocycles. The lowest BCUT2D eigenvalue weighted by molar-refractivity contribution is -0.800. The smallest absolute Gasteiger partial charge is 0.209 e. The minimum Gasteiger partial charge on any atom is -0.313 e. The second kappa shape index (κ2) is 7.54. The molecule has 1 aromatic heterocycles. The van der Waals surface area contributed by atoms with E-state index in [1.54, 1.807) is 11.8 Å². The molecule has 2 aromatic rings. The van der Waals surface area contributed by atoms with Crippen LogP contribution in [-0.2, 0) is 5.75 Å². The Hall–Kier alpha value is -1.43. The number of aromatic nitrogens is 3. The molecule has 0 saturated carbocycles. The third-order valence-corrected chi connectivity index (χ3v) is 3.89. The van der Waals surface area contributed by atoms with Crippen molar-refractivity contribution < 1.29 is 4.90 Å². The first-order chi connectivity index (χ1) is 10.0. The van der Waals surface area contributed by atoms with Crippen LogP contribution in [0.25, 0.3) is 6.08 Å². The second-order valence-corrected chi connectivity index (χ2v) is 6.27. The predicted molar refractivity (Wildman–Crippen MR) is 87.4 cm³/mol. The molecule has 21 heavy (non-hydrogen) atoms. The van der Waals surface area contributed by atoms with E-state index in [2.05, 4.69) is 29.3 Å². The zero-order valence-electron chi connectivity index (χ0n) is 12.3. The van der Waals surface area contributed by atoms with Crippen LogP contribution in [0.3, 0.4) is 0 Å². The molecule has 0 amide bonds. The lowest BCUT2D eigenvalue weighted by Crippen LogP contribution is -3.00. The first-order valence-electron chi connectivity index (χ1n) is 6.61. The minimum atomic E-state index is 0.684. The van der Waals surface area contributed by atoms with E-state index in [1.807, 2.05) is 43.5 Å². The van der Waals surface area contributed by atoms with Gasteiger partial charge in [-0.15, -0.1) is 5.10 Å². The monoisotopic (exact) mass is 321 g/mol. The fourth-order valence-electron chi connectivity index (χ4n) is 1.57. The first-order valence-corrected chi connectivity index (χ1v) is 7.98. The summed E-state index contributed by atoms with van der Waals surface area (Å²) >= 11 is 7.44. The number of thioether (sulfide) groups is 1. The highest BCUT2D eigenvalue weighted by atomic mass is 35.5. The maximum absolute atomic E-state index is 5.88. The van der Waals surface area contributed by atoms with Crippen LogP contribution in [-0.4, -0.2) is 29.3 Å². The van der Waals surface area contributed by atoms with E-state index in [9.17, 15) is 0 Å². The zero-order valence-corrected chi connectivity index (χ0v) is 13.9. The summed E-state index contributed by atoms with van der Waals surface area (Å²) in [6.45, 7) is 1.91. The molecule has 4 nitrogen and oxygen atoms in total. The zero-order chi connectivity index (χ0) is 15.2. The largest absolute Gasteiger partial charge is 0.313 e.